The van der Waals surface area contributed by atoms with E-state index in [9.17, 15) is 9.59 Å². The first kappa shape index (κ1) is 13.4. The normalized spacial score (nSPS) is 25.1. The van der Waals surface area contributed by atoms with Crippen LogP contribution in [0.3, 0.4) is 0 Å². The zero-order chi connectivity index (χ0) is 14.1. The molecular formula is C15H20N2O3. The van der Waals surface area contributed by atoms with Crippen LogP contribution in [0.4, 0.5) is 0 Å². The van der Waals surface area contributed by atoms with Crippen LogP contribution in [0, 0.1) is 5.92 Å². The molecule has 2 aliphatic rings. The van der Waals surface area contributed by atoms with Gasteiger partial charge in [-0.05, 0) is 18.4 Å². The molecule has 0 aliphatic carbocycles. The Morgan fingerprint density at radius 1 is 1.35 bits per heavy atom. The molecule has 1 aromatic heterocycles. The first-order valence-electron chi connectivity index (χ1n) is 7.16. The molecule has 0 amide bonds. The van der Waals surface area contributed by atoms with E-state index < -0.39 is 0 Å². The van der Waals surface area contributed by atoms with Gasteiger partial charge in [-0.1, -0.05) is 6.07 Å². The largest absolute Gasteiger partial charge is 0.469 e. The Kier molecular flexibility index (Phi) is 3.61. The number of methoxy groups -OCH3 is 1. The van der Waals surface area contributed by atoms with Crippen LogP contribution in [0.15, 0.2) is 23.0 Å². The van der Waals surface area contributed by atoms with Gasteiger partial charge in [0.15, 0.2) is 0 Å². The molecule has 1 saturated heterocycles. The lowest BCUT2D eigenvalue weighted by Crippen LogP contribution is -2.47. The van der Waals surface area contributed by atoms with Gasteiger partial charge >= 0.3 is 5.97 Å². The maximum Gasteiger partial charge on any atom is 0.306 e. The predicted molar refractivity (Wildman–Crippen MR) is 74.6 cm³/mol. The summed E-state index contributed by atoms with van der Waals surface area (Å²) in [5.74, 6) is 0.769. The second kappa shape index (κ2) is 5.40. The highest BCUT2D eigenvalue weighted by molar-refractivity contribution is 5.69. The molecule has 1 aromatic rings. The Morgan fingerprint density at radius 3 is 3.00 bits per heavy atom. The number of pyridine rings is 1. The van der Waals surface area contributed by atoms with E-state index in [1.807, 2.05) is 10.6 Å². The van der Waals surface area contributed by atoms with Crippen molar-refractivity contribution in [1.29, 1.82) is 0 Å². The van der Waals surface area contributed by atoms with Crippen LogP contribution in [0.25, 0.3) is 0 Å². The maximum atomic E-state index is 11.9. The van der Waals surface area contributed by atoms with Crippen LogP contribution in [-0.4, -0.2) is 42.2 Å². The van der Waals surface area contributed by atoms with Crippen LogP contribution >= 0.6 is 0 Å². The van der Waals surface area contributed by atoms with Gasteiger partial charge in [0.1, 0.15) is 0 Å². The highest BCUT2D eigenvalue weighted by atomic mass is 16.5. The summed E-state index contributed by atoms with van der Waals surface area (Å²) in [6, 6.07) is 5.55. The van der Waals surface area contributed by atoms with Crippen molar-refractivity contribution < 1.29 is 9.53 Å². The smallest absolute Gasteiger partial charge is 0.306 e. The van der Waals surface area contributed by atoms with Crippen molar-refractivity contribution in [2.75, 3.05) is 26.7 Å². The number of esters is 1. The Morgan fingerprint density at radius 2 is 2.20 bits per heavy atom. The van der Waals surface area contributed by atoms with Gasteiger partial charge in [-0.2, -0.15) is 0 Å². The van der Waals surface area contributed by atoms with Crippen LogP contribution in [0.1, 0.15) is 24.5 Å². The number of carbonyl (C=O) groups is 1. The molecule has 3 rings (SSSR count). The van der Waals surface area contributed by atoms with Gasteiger partial charge in [0.05, 0.1) is 13.5 Å². The SMILES string of the molecule is COC(=O)CCN1C[C@H]2C[C@@H](C1)c1cccc(=O)n1C2. The highest BCUT2D eigenvalue weighted by Crippen LogP contribution is 2.34. The molecule has 2 aliphatic heterocycles. The van der Waals surface area contributed by atoms with Crippen molar-refractivity contribution in [2.24, 2.45) is 5.92 Å². The summed E-state index contributed by atoms with van der Waals surface area (Å²) in [6.45, 7) is 3.45. The lowest BCUT2D eigenvalue weighted by atomic mass is 9.83. The number of hydrogen-bond donors (Lipinski definition) is 0. The fourth-order valence-corrected chi connectivity index (χ4v) is 3.53. The minimum Gasteiger partial charge on any atom is -0.469 e. The molecule has 0 spiro atoms. The van der Waals surface area contributed by atoms with Gasteiger partial charge in [0.25, 0.3) is 5.56 Å². The van der Waals surface area contributed by atoms with Crippen LogP contribution in [-0.2, 0) is 16.1 Å². The van der Waals surface area contributed by atoms with Gasteiger partial charge < -0.3 is 14.2 Å². The first-order chi connectivity index (χ1) is 9.67. The molecule has 5 nitrogen and oxygen atoms in total. The van der Waals surface area contributed by atoms with Crippen LogP contribution in [0.2, 0.25) is 0 Å². The van der Waals surface area contributed by atoms with Crippen molar-refractivity contribution in [2.45, 2.75) is 25.3 Å². The Labute approximate surface area is 118 Å². The highest BCUT2D eigenvalue weighted by Gasteiger charge is 2.34. The molecule has 3 heterocycles. The van der Waals surface area contributed by atoms with Gasteiger partial charge in [0.2, 0.25) is 0 Å². The number of fused-ring (bicyclic) bond motifs is 4. The molecule has 1 fully saturated rings. The van der Waals surface area contributed by atoms with E-state index in [0.717, 1.165) is 38.3 Å². The third-order valence-corrected chi connectivity index (χ3v) is 4.42. The summed E-state index contributed by atoms with van der Waals surface area (Å²) in [4.78, 5) is 25.5. The number of hydrogen-bond acceptors (Lipinski definition) is 4. The third kappa shape index (κ3) is 2.50. The van der Waals surface area contributed by atoms with E-state index in [1.165, 1.54) is 7.11 Å². The molecule has 0 unspecified atom stereocenters. The van der Waals surface area contributed by atoms with Crippen LogP contribution in [0.5, 0.6) is 0 Å². The Bertz CT molecular complexity index is 566. The standard InChI is InChI=1S/C15H20N2O3/c1-20-15(19)5-6-16-8-11-7-12(10-16)13-3-2-4-14(18)17(13)9-11/h2-4,11-12H,5-10H2,1H3/t11-,12+/m1/s1. The predicted octanol–water partition coefficient (Wildman–Crippen LogP) is 0.830. The van der Waals surface area contributed by atoms with E-state index in [0.29, 0.717) is 18.3 Å². The summed E-state index contributed by atoms with van der Waals surface area (Å²) in [5.41, 5.74) is 1.26. The fourth-order valence-electron chi connectivity index (χ4n) is 3.53. The van der Waals surface area contributed by atoms with Crippen LogP contribution < -0.4 is 5.56 Å². The lowest BCUT2D eigenvalue weighted by Gasteiger charge is -2.42. The Hall–Kier alpha value is -1.62. The van der Waals surface area contributed by atoms with Gasteiger partial charge in [0, 0.05) is 43.9 Å². The van der Waals surface area contributed by atoms with Crippen molar-refractivity contribution >= 4 is 5.97 Å². The summed E-state index contributed by atoms with van der Waals surface area (Å²) in [7, 11) is 1.43. The molecule has 2 atom stereocenters. The van der Waals surface area contributed by atoms with E-state index in [1.54, 1.807) is 6.07 Å². The van der Waals surface area contributed by atoms with Crippen molar-refractivity contribution in [3.63, 3.8) is 0 Å². The minimum absolute atomic E-state index is 0.111. The third-order valence-electron chi connectivity index (χ3n) is 4.42. The topological polar surface area (TPSA) is 51.5 Å². The molecule has 0 saturated carbocycles. The second-order valence-corrected chi connectivity index (χ2v) is 5.78. The molecule has 0 radical (unpaired) electrons. The monoisotopic (exact) mass is 276 g/mol. The summed E-state index contributed by atoms with van der Waals surface area (Å²) >= 11 is 0. The van der Waals surface area contributed by atoms with E-state index >= 15 is 0 Å². The van der Waals surface area contributed by atoms with Crippen molar-refractivity contribution in [3.05, 3.63) is 34.2 Å². The molecular weight excluding hydrogens is 256 g/mol. The number of likely N-dealkylation sites (tertiary alicyclic amines) is 1. The molecule has 0 N–H and O–H groups in total. The lowest BCUT2D eigenvalue weighted by molar-refractivity contribution is -0.141. The van der Waals surface area contributed by atoms with Gasteiger partial charge in [-0.15, -0.1) is 0 Å². The van der Waals surface area contributed by atoms with E-state index in [4.69, 9.17) is 4.74 Å². The number of aromatic nitrogens is 1. The number of rotatable bonds is 3. The zero-order valence-corrected chi connectivity index (χ0v) is 11.7. The molecule has 108 valence electrons. The molecule has 2 bridgehead atoms. The average molecular weight is 276 g/mol. The van der Waals surface area contributed by atoms with Gasteiger partial charge in [-0.25, -0.2) is 0 Å². The number of piperidine rings is 1. The first-order valence-corrected chi connectivity index (χ1v) is 7.16. The average Bonchev–Trinajstić information content (AvgIpc) is 2.46. The summed E-state index contributed by atoms with van der Waals surface area (Å²) in [6.07, 6.45) is 1.59. The zero-order valence-electron chi connectivity index (χ0n) is 11.7. The summed E-state index contributed by atoms with van der Waals surface area (Å²) in [5, 5.41) is 0. The number of carbonyl (C=O) groups excluding carboxylic acids is 1. The van der Waals surface area contributed by atoms with Crippen molar-refractivity contribution in [3.8, 4) is 0 Å². The summed E-state index contributed by atoms with van der Waals surface area (Å²) < 4.78 is 6.62. The maximum absolute atomic E-state index is 11.9. The number of nitrogens with zero attached hydrogens (tertiary/aromatic N) is 2. The second-order valence-electron chi connectivity index (χ2n) is 5.78. The molecule has 0 aromatic carbocycles. The van der Waals surface area contributed by atoms with Crippen molar-refractivity contribution in [1.82, 2.24) is 9.47 Å². The number of ether oxygens (including phenoxy) is 1. The van der Waals surface area contributed by atoms with Gasteiger partial charge in [-0.3, -0.25) is 9.59 Å². The minimum atomic E-state index is -0.155. The van der Waals surface area contributed by atoms with E-state index in [2.05, 4.69) is 11.0 Å². The van der Waals surface area contributed by atoms with E-state index in [-0.39, 0.29) is 11.5 Å². The fraction of sp³-hybridized carbons (Fsp3) is 0.600. The molecule has 20 heavy (non-hydrogen) atoms. The molecule has 5 heteroatoms. The Balaban J connectivity index is 1.74. The quantitative estimate of drug-likeness (QED) is 0.767.